The van der Waals surface area contributed by atoms with Crippen molar-refractivity contribution in [2.24, 2.45) is 0 Å². The molecule has 3 aromatic rings. The second kappa shape index (κ2) is 7.13. The van der Waals surface area contributed by atoms with Crippen molar-refractivity contribution in [3.63, 3.8) is 0 Å². The van der Waals surface area contributed by atoms with E-state index in [-0.39, 0.29) is 5.91 Å². The zero-order valence-electron chi connectivity index (χ0n) is 14.0. The third-order valence-electron chi connectivity index (χ3n) is 4.10. The number of amides is 1. The van der Waals surface area contributed by atoms with Gasteiger partial charge in [0.05, 0.1) is 19.2 Å². The van der Waals surface area contributed by atoms with Gasteiger partial charge < -0.3 is 5.32 Å². The second-order valence-corrected chi connectivity index (χ2v) is 6.00. The Morgan fingerprint density at radius 3 is 2.54 bits per heavy atom. The maximum atomic E-state index is 12.3. The molecule has 0 saturated heterocycles. The topological polar surface area (TPSA) is 46.9 Å². The van der Waals surface area contributed by atoms with E-state index in [2.05, 4.69) is 36.4 Å². The van der Waals surface area contributed by atoms with Gasteiger partial charge in [-0.25, -0.2) is 4.68 Å². The minimum absolute atomic E-state index is 0.0342. The number of nitrogens with zero attached hydrogens (tertiary/aromatic N) is 2. The van der Waals surface area contributed by atoms with Crippen LogP contribution in [0.15, 0.2) is 60.8 Å². The Morgan fingerprint density at radius 1 is 1.00 bits per heavy atom. The summed E-state index contributed by atoms with van der Waals surface area (Å²) in [6.07, 6.45) is 2.06. The molecule has 1 heterocycles. The number of carbonyl (C=O) groups excluding carboxylic acids is 1. The summed E-state index contributed by atoms with van der Waals surface area (Å²) < 4.78 is 1.80. The first kappa shape index (κ1) is 16.0. The largest absolute Gasteiger partial charge is 0.311 e. The number of aryl methyl sites for hydroxylation is 2. The highest BCUT2D eigenvalue weighted by Crippen LogP contribution is 2.13. The van der Waals surface area contributed by atoms with E-state index in [0.717, 1.165) is 11.1 Å². The SMILES string of the molecule is Cc1ccc(CC(=O)Nc2ccnn2Cc2ccccc2)cc1C. The van der Waals surface area contributed by atoms with E-state index in [1.807, 2.05) is 42.5 Å². The molecule has 0 bridgehead atoms. The van der Waals surface area contributed by atoms with Gasteiger partial charge in [0, 0.05) is 6.07 Å². The molecule has 0 atom stereocenters. The van der Waals surface area contributed by atoms with Crippen LogP contribution in [0.3, 0.4) is 0 Å². The van der Waals surface area contributed by atoms with Crippen LogP contribution in [0.2, 0.25) is 0 Å². The number of carbonyl (C=O) groups is 1. The van der Waals surface area contributed by atoms with Crippen LogP contribution in [0.1, 0.15) is 22.3 Å². The van der Waals surface area contributed by atoms with Gasteiger partial charge in [0.25, 0.3) is 0 Å². The number of nitrogens with one attached hydrogen (secondary N) is 1. The lowest BCUT2D eigenvalue weighted by molar-refractivity contribution is -0.115. The minimum atomic E-state index is -0.0342. The lowest BCUT2D eigenvalue weighted by atomic mass is 10.0. The quantitative estimate of drug-likeness (QED) is 0.779. The highest BCUT2D eigenvalue weighted by Gasteiger charge is 2.09. The van der Waals surface area contributed by atoms with Gasteiger partial charge >= 0.3 is 0 Å². The van der Waals surface area contributed by atoms with Gasteiger partial charge in [0.1, 0.15) is 5.82 Å². The summed E-state index contributed by atoms with van der Waals surface area (Å²) in [4.78, 5) is 12.3. The Balaban J connectivity index is 1.66. The normalized spacial score (nSPS) is 10.6. The summed E-state index contributed by atoms with van der Waals surface area (Å²) in [5, 5.41) is 7.25. The van der Waals surface area contributed by atoms with Crippen molar-refractivity contribution in [2.75, 3.05) is 5.32 Å². The average Bonchev–Trinajstić information content (AvgIpc) is 2.99. The van der Waals surface area contributed by atoms with E-state index in [0.29, 0.717) is 18.8 Å². The van der Waals surface area contributed by atoms with Crippen molar-refractivity contribution in [2.45, 2.75) is 26.8 Å². The maximum absolute atomic E-state index is 12.3. The number of anilines is 1. The summed E-state index contributed by atoms with van der Waals surface area (Å²) in [7, 11) is 0. The molecule has 1 aromatic heterocycles. The van der Waals surface area contributed by atoms with Crippen LogP contribution in [0.25, 0.3) is 0 Å². The van der Waals surface area contributed by atoms with Crippen molar-refractivity contribution < 1.29 is 4.79 Å². The van der Waals surface area contributed by atoms with E-state index in [9.17, 15) is 4.79 Å². The third kappa shape index (κ3) is 3.90. The average molecular weight is 319 g/mol. The third-order valence-corrected chi connectivity index (χ3v) is 4.10. The molecule has 122 valence electrons. The Bertz CT molecular complexity index is 837. The first-order valence-electron chi connectivity index (χ1n) is 8.03. The van der Waals surface area contributed by atoms with Gasteiger partial charge in [-0.05, 0) is 36.1 Å². The molecule has 0 fully saturated rings. The van der Waals surface area contributed by atoms with Crippen LogP contribution in [-0.2, 0) is 17.8 Å². The molecule has 1 N–H and O–H groups in total. The van der Waals surface area contributed by atoms with Crippen LogP contribution >= 0.6 is 0 Å². The summed E-state index contributed by atoms with van der Waals surface area (Å²) in [6.45, 7) is 4.76. The molecule has 1 amide bonds. The second-order valence-electron chi connectivity index (χ2n) is 6.00. The molecular weight excluding hydrogens is 298 g/mol. The molecule has 0 saturated carbocycles. The molecule has 4 nitrogen and oxygen atoms in total. The lowest BCUT2D eigenvalue weighted by Crippen LogP contribution is -2.18. The molecule has 3 rings (SSSR count). The van der Waals surface area contributed by atoms with Crippen molar-refractivity contribution >= 4 is 11.7 Å². The van der Waals surface area contributed by atoms with Gasteiger partial charge in [0.2, 0.25) is 5.91 Å². The van der Waals surface area contributed by atoms with Crippen LogP contribution in [0, 0.1) is 13.8 Å². The van der Waals surface area contributed by atoms with E-state index in [1.165, 1.54) is 11.1 Å². The van der Waals surface area contributed by atoms with Crippen LogP contribution in [0.4, 0.5) is 5.82 Å². The van der Waals surface area contributed by atoms with Crippen molar-refractivity contribution in [3.05, 3.63) is 83.0 Å². The zero-order valence-corrected chi connectivity index (χ0v) is 14.0. The summed E-state index contributed by atoms with van der Waals surface area (Å²) in [5.41, 5.74) is 4.60. The van der Waals surface area contributed by atoms with E-state index in [1.54, 1.807) is 10.9 Å². The molecule has 0 aliphatic heterocycles. The Labute approximate surface area is 142 Å². The number of hydrogen-bond acceptors (Lipinski definition) is 2. The fourth-order valence-corrected chi connectivity index (χ4v) is 2.61. The predicted molar refractivity (Wildman–Crippen MR) is 96.0 cm³/mol. The van der Waals surface area contributed by atoms with Gasteiger partial charge in [-0.2, -0.15) is 5.10 Å². The summed E-state index contributed by atoms with van der Waals surface area (Å²) in [5.74, 6) is 0.681. The predicted octanol–water partition coefficient (Wildman–Crippen LogP) is 3.73. The molecule has 0 aliphatic rings. The number of hydrogen-bond donors (Lipinski definition) is 1. The Morgan fingerprint density at radius 2 is 1.79 bits per heavy atom. The molecular formula is C20H21N3O. The summed E-state index contributed by atoms with van der Waals surface area (Å²) in [6, 6.07) is 18.0. The summed E-state index contributed by atoms with van der Waals surface area (Å²) >= 11 is 0. The van der Waals surface area contributed by atoms with E-state index >= 15 is 0 Å². The molecule has 0 spiro atoms. The number of aromatic nitrogens is 2. The van der Waals surface area contributed by atoms with Crippen LogP contribution in [-0.4, -0.2) is 15.7 Å². The molecule has 0 unspecified atom stereocenters. The van der Waals surface area contributed by atoms with Crippen molar-refractivity contribution in [3.8, 4) is 0 Å². The highest BCUT2D eigenvalue weighted by molar-refractivity contribution is 5.91. The minimum Gasteiger partial charge on any atom is -0.311 e. The molecule has 0 radical (unpaired) electrons. The van der Waals surface area contributed by atoms with Gasteiger partial charge in [-0.3, -0.25) is 4.79 Å². The lowest BCUT2D eigenvalue weighted by Gasteiger charge is -2.10. The van der Waals surface area contributed by atoms with E-state index in [4.69, 9.17) is 0 Å². The van der Waals surface area contributed by atoms with Gasteiger partial charge in [-0.15, -0.1) is 0 Å². The smallest absolute Gasteiger partial charge is 0.229 e. The zero-order chi connectivity index (χ0) is 16.9. The fraction of sp³-hybridized carbons (Fsp3) is 0.200. The molecule has 24 heavy (non-hydrogen) atoms. The number of benzene rings is 2. The van der Waals surface area contributed by atoms with E-state index < -0.39 is 0 Å². The fourth-order valence-electron chi connectivity index (χ4n) is 2.61. The monoisotopic (exact) mass is 319 g/mol. The maximum Gasteiger partial charge on any atom is 0.229 e. The Kier molecular flexibility index (Phi) is 4.75. The Hall–Kier alpha value is -2.88. The van der Waals surface area contributed by atoms with Crippen LogP contribution < -0.4 is 5.32 Å². The van der Waals surface area contributed by atoms with Crippen LogP contribution in [0.5, 0.6) is 0 Å². The van der Waals surface area contributed by atoms with Crippen molar-refractivity contribution in [1.82, 2.24) is 9.78 Å². The first-order valence-corrected chi connectivity index (χ1v) is 8.03. The highest BCUT2D eigenvalue weighted by atomic mass is 16.1. The van der Waals surface area contributed by atoms with Gasteiger partial charge in [-0.1, -0.05) is 48.5 Å². The van der Waals surface area contributed by atoms with Crippen molar-refractivity contribution in [1.29, 1.82) is 0 Å². The molecule has 4 heteroatoms. The number of rotatable bonds is 5. The standard InChI is InChI=1S/C20H21N3O/c1-15-8-9-18(12-16(15)2)13-20(24)22-19-10-11-21-23(19)14-17-6-4-3-5-7-17/h3-12H,13-14H2,1-2H3,(H,22,24). The first-order chi connectivity index (χ1) is 11.6. The molecule has 0 aliphatic carbocycles. The van der Waals surface area contributed by atoms with Gasteiger partial charge in [0.15, 0.2) is 0 Å². The molecule has 2 aromatic carbocycles.